The summed E-state index contributed by atoms with van der Waals surface area (Å²) in [7, 11) is 3.09. The molecule has 2 N–H and O–H groups in total. The molecule has 1 amide bonds. The van der Waals surface area contributed by atoms with Gasteiger partial charge in [-0.25, -0.2) is 0 Å². The van der Waals surface area contributed by atoms with Gasteiger partial charge in [0.25, 0.3) is 0 Å². The Hall–Kier alpha value is -2.69. The molecule has 0 spiro atoms. The van der Waals surface area contributed by atoms with Crippen molar-refractivity contribution >= 4 is 17.3 Å². The van der Waals surface area contributed by atoms with Crippen LogP contribution in [0.25, 0.3) is 0 Å². The maximum atomic E-state index is 12.1. The number of ether oxygens (including phenoxy) is 2. The van der Waals surface area contributed by atoms with E-state index in [1.54, 1.807) is 24.1 Å². The van der Waals surface area contributed by atoms with Gasteiger partial charge in [0.15, 0.2) is 0 Å². The third-order valence-electron chi connectivity index (χ3n) is 3.39. The van der Waals surface area contributed by atoms with E-state index < -0.39 is 0 Å². The van der Waals surface area contributed by atoms with Crippen molar-refractivity contribution in [2.24, 2.45) is 0 Å². The molecule has 0 aliphatic heterocycles. The Kier molecular flexibility index (Phi) is 4.88. The molecule has 2 aromatic rings. The lowest BCUT2D eigenvalue weighted by Crippen LogP contribution is -2.28. The summed E-state index contributed by atoms with van der Waals surface area (Å²) in [6.45, 7) is 1.96. The molecule has 0 radical (unpaired) electrons. The molecule has 0 saturated heterocycles. The summed E-state index contributed by atoms with van der Waals surface area (Å²) in [4.78, 5) is 13.7. The first kappa shape index (κ1) is 15.7. The molecule has 0 unspecified atom stereocenters. The van der Waals surface area contributed by atoms with Crippen LogP contribution in [0.15, 0.2) is 42.5 Å². The first-order valence-electron chi connectivity index (χ1n) is 6.90. The van der Waals surface area contributed by atoms with Gasteiger partial charge in [0.1, 0.15) is 11.5 Å². The van der Waals surface area contributed by atoms with Crippen molar-refractivity contribution in [3.8, 4) is 11.5 Å². The highest BCUT2D eigenvalue weighted by atomic mass is 16.5. The Morgan fingerprint density at radius 3 is 2.27 bits per heavy atom. The second-order valence-electron chi connectivity index (χ2n) is 4.86. The first-order valence-corrected chi connectivity index (χ1v) is 6.90. The number of hydrogen-bond acceptors (Lipinski definition) is 4. The van der Waals surface area contributed by atoms with Crippen LogP contribution < -0.4 is 20.1 Å². The van der Waals surface area contributed by atoms with Crippen LogP contribution in [0.5, 0.6) is 11.5 Å². The van der Waals surface area contributed by atoms with Crippen LogP contribution in [0, 0.1) is 0 Å². The zero-order valence-electron chi connectivity index (χ0n) is 13.0. The number of benzene rings is 2. The topological polar surface area (TPSA) is 64.8 Å². The van der Waals surface area contributed by atoms with Crippen molar-refractivity contribution in [3.63, 3.8) is 0 Å². The predicted octanol–water partition coefficient (Wildman–Crippen LogP) is 2.84. The summed E-state index contributed by atoms with van der Waals surface area (Å²) in [6.07, 6.45) is 0. The van der Waals surface area contributed by atoms with Crippen molar-refractivity contribution in [1.29, 1.82) is 0 Å². The van der Waals surface area contributed by atoms with E-state index >= 15 is 0 Å². The second kappa shape index (κ2) is 6.85. The zero-order chi connectivity index (χ0) is 16.1. The highest BCUT2D eigenvalue weighted by molar-refractivity contribution is 5.94. The normalized spacial score (nSPS) is 10.1. The SMILES string of the molecule is COc1cc(N(Cc2ccccc2)C(C)=O)c(OC)cc1N. The van der Waals surface area contributed by atoms with Crippen molar-refractivity contribution in [3.05, 3.63) is 48.0 Å². The van der Waals surface area contributed by atoms with E-state index in [4.69, 9.17) is 15.2 Å². The van der Waals surface area contributed by atoms with Crippen molar-refractivity contribution in [2.75, 3.05) is 24.9 Å². The highest BCUT2D eigenvalue weighted by Crippen LogP contribution is 2.37. The molecule has 5 heteroatoms. The maximum absolute atomic E-state index is 12.1. The number of carbonyl (C=O) groups is 1. The average Bonchev–Trinajstić information content (AvgIpc) is 2.53. The minimum atomic E-state index is -0.0889. The number of anilines is 2. The van der Waals surface area contributed by atoms with Crippen molar-refractivity contribution in [1.82, 2.24) is 0 Å². The maximum Gasteiger partial charge on any atom is 0.224 e. The van der Waals surface area contributed by atoms with Crippen LogP contribution in [-0.4, -0.2) is 20.1 Å². The fraction of sp³-hybridized carbons (Fsp3) is 0.235. The lowest BCUT2D eigenvalue weighted by molar-refractivity contribution is -0.116. The third-order valence-corrected chi connectivity index (χ3v) is 3.39. The monoisotopic (exact) mass is 300 g/mol. The number of rotatable bonds is 5. The molecule has 5 nitrogen and oxygen atoms in total. The van der Waals surface area contributed by atoms with Crippen LogP contribution >= 0.6 is 0 Å². The van der Waals surface area contributed by atoms with Gasteiger partial charge in [-0.05, 0) is 5.56 Å². The molecular weight excluding hydrogens is 280 g/mol. The molecule has 0 atom stereocenters. The van der Waals surface area contributed by atoms with E-state index in [0.717, 1.165) is 5.56 Å². The summed E-state index contributed by atoms with van der Waals surface area (Å²) in [6, 6.07) is 13.1. The number of nitrogen functional groups attached to an aromatic ring is 1. The molecule has 0 aromatic heterocycles. The Bertz CT molecular complexity index is 656. The highest BCUT2D eigenvalue weighted by Gasteiger charge is 2.19. The fourth-order valence-corrected chi connectivity index (χ4v) is 2.25. The van der Waals surface area contributed by atoms with E-state index in [2.05, 4.69) is 0 Å². The van der Waals surface area contributed by atoms with Gasteiger partial charge in [0, 0.05) is 19.1 Å². The van der Waals surface area contributed by atoms with Gasteiger partial charge >= 0.3 is 0 Å². The third kappa shape index (κ3) is 3.31. The molecule has 0 fully saturated rings. The molecule has 0 aliphatic rings. The van der Waals surface area contributed by atoms with Crippen molar-refractivity contribution in [2.45, 2.75) is 13.5 Å². The van der Waals surface area contributed by atoms with E-state index in [1.165, 1.54) is 14.0 Å². The first-order chi connectivity index (χ1) is 10.6. The molecule has 2 aromatic carbocycles. The van der Waals surface area contributed by atoms with Crippen LogP contribution in [0.1, 0.15) is 12.5 Å². The minimum absolute atomic E-state index is 0.0889. The van der Waals surface area contributed by atoms with Crippen LogP contribution in [-0.2, 0) is 11.3 Å². The number of methoxy groups -OCH3 is 2. The van der Waals surface area contributed by atoms with Crippen LogP contribution in [0.4, 0.5) is 11.4 Å². The molecule has 0 aliphatic carbocycles. The summed E-state index contributed by atoms with van der Waals surface area (Å²) in [5, 5.41) is 0. The standard InChI is InChI=1S/C17H20N2O3/c1-12(20)19(11-13-7-5-4-6-8-13)15-10-16(21-2)14(18)9-17(15)22-3/h4-10H,11,18H2,1-3H3. The second-order valence-corrected chi connectivity index (χ2v) is 4.86. The minimum Gasteiger partial charge on any atom is -0.495 e. The lowest BCUT2D eigenvalue weighted by atomic mass is 10.1. The Morgan fingerprint density at radius 1 is 1.09 bits per heavy atom. The lowest BCUT2D eigenvalue weighted by Gasteiger charge is -2.24. The van der Waals surface area contributed by atoms with Gasteiger partial charge in [-0.1, -0.05) is 30.3 Å². The summed E-state index contributed by atoms with van der Waals surface area (Å²) < 4.78 is 10.6. The van der Waals surface area contributed by atoms with Gasteiger partial charge in [-0.15, -0.1) is 0 Å². The van der Waals surface area contributed by atoms with Gasteiger partial charge < -0.3 is 20.1 Å². The smallest absolute Gasteiger partial charge is 0.224 e. The Morgan fingerprint density at radius 2 is 1.73 bits per heavy atom. The summed E-state index contributed by atoms with van der Waals surface area (Å²) in [5.74, 6) is 0.952. The molecule has 116 valence electrons. The van der Waals surface area contributed by atoms with Gasteiger partial charge in [-0.3, -0.25) is 4.79 Å². The van der Waals surface area contributed by atoms with Gasteiger partial charge in [0.05, 0.1) is 32.1 Å². The molecule has 22 heavy (non-hydrogen) atoms. The number of amides is 1. The van der Waals surface area contributed by atoms with Crippen LogP contribution in [0.3, 0.4) is 0 Å². The van der Waals surface area contributed by atoms with E-state index in [-0.39, 0.29) is 5.91 Å². The fourth-order valence-electron chi connectivity index (χ4n) is 2.25. The quantitative estimate of drug-likeness (QED) is 0.862. The van der Waals surface area contributed by atoms with E-state index in [1.807, 2.05) is 30.3 Å². The summed E-state index contributed by atoms with van der Waals surface area (Å²) in [5.41, 5.74) is 8.01. The number of hydrogen-bond donors (Lipinski definition) is 1. The zero-order valence-corrected chi connectivity index (χ0v) is 13.0. The number of carbonyl (C=O) groups excluding carboxylic acids is 1. The molecule has 2 rings (SSSR count). The van der Waals surface area contributed by atoms with Gasteiger partial charge in [-0.2, -0.15) is 0 Å². The van der Waals surface area contributed by atoms with Gasteiger partial charge in [0.2, 0.25) is 5.91 Å². The molecular formula is C17H20N2O3. The number of nitrogens with two attached hydrogens (primary N) is 1. The molecule has 0 heterocycles. The largest absolute Gasteiger partial charge is 0.495 e. The predicted molar refractivity (Wildman–Crippen MR) is 87.3 cm³/mol. The molecule has 0 bridgehead atoms. The summed E-state index contributed by atoms with van der Waals surface area (Å²) >= 11 is 0. The van der Waals surface area contributed by atoms with Crippen LogP contribution in [0.2, 0.25) is 0 Å². The van der Waals surface area contributed by atoms with E-state index in [9.17, 15) is 4.79 Å². The van der Waals surface area contributed by atoms with E-state index in [0.29, 0.717) is 29.4 Å². The number of nitrogens with zero attached hydrogens (tertiary/aromatic N) is 1. The molecule has 0 saturated carbocycles. The average molecular weight is 300 g/mol. The van der Waals surface area contributed by atoms with Crippen molar-refractivity contribution < 1.29 is 14.3 Å². The Balaban J connectivity index is 2.46. The Labute approximate surface area is 130 Å².